The average Bonchev–Trinajstić information content (AvgIpc) is 2.91. The minimum absolute atomic E-state index is 0.196. The Morgan fingerprint density at radius 1 is 1.33 bits per heavy atom. The maximum absolute atomic E-state index is 10.7. The minimum atomic E-state index is -1.15. The van der Waals surface area contributed by atoms with E-state index in [1.54, 1.807) is 25.1 Å². The number of rotatable bonds is 2. The van der Waals surface area contributed by atoms with Crippen LogP contribution in [0.1, 0.15) is 16.4 Å². The summed E-state index contributed by atoms with van der Waals surface area (Å²) in [4.78, 5) is 14.9. The van der Waals surface area contributed by atoms with Crippen LogP contribution in [0, 0.1) is 6.92 Å². The highest BCUT2D eigenvalue weighted by molar-refractivity contribution is 5.86. The van der Waals surface area contributed by atoms with Crippen LogP contribution < -0.4 is 0 Å². The highest BCUT2D eigenvalue weighted by atomic mass is 16.5. The third-order valence-corrected chi connectivity index (χ3v) is 2.51. The highest BCUT2D eigenvalue weighted by Gasteiger charge is 2.13. The van der Waals surface area contributed by atoms with E-state index in [1.165, 1.54) is 6.07 Å². The van der Waals surface area contributed by atoms with Gasteiger partial charge in [-0.05, 0) is 12.1 Å². The lowest BCUT2D eigenvalue weighted by atomic mass is 10.1. The van der Waals surface area contributed by atoms with Gasteiger partial charge in [0.05, 0.1) is 0 Å². The van der Waals surface area contributed by atoms with E-state index in [0.717, 1.165) is 11.1 Å². The van der Waals surface area contributed by atoms with Gasteiger partial charge in [-0.1, -0.05) is 11.2 Å². The predicted octanol–water partition coefficient (Wildman–Crippen LogP) is 2.49. The molecule has 0 unspecified atom stereocenters. The fraction of sp³-hybridized carbons (Fsp3) is 0.0833. The molecular formula is C12H8N2O4. The summed E-state index contributed by atoms with van der Waals surface area (Å²) >= 11 is 0. The second-order valence-corrected chi connectivity index (χ2v) is 3.80. The van der Waals surface area contributed by atoms with Gasteiger partial charge in [-0.25, -0.2) is 9.78 Å². The molecule has 3 rings (SSSR count). The Hall–Kier alpha value is -2.63. The van der Waals surface area contributed by atoms with E-state index < -0.39 is 5.97 Å². The second-order valence-electron chi connectivity index (χ2n) is 3.80. The van der Waals surface area contributed by atoms with Crippen LogP contribution in [0.4, 0.5) is 0 Å². The molecule has 6 nitrogen and oxygen atoms in total. The second kappa shape index (κ2) is 3.69. The molecule has 1 N–H and O–H groups in total. The van der Waals surface area contributed by atoms with Crippen molar-refractivity contribution in [2.75, 3.05) is 0 Å². The van der Waals surface area contributed by atoms with E-state index >= 15 is 0 Å². The molecule has 2 heterocycles. The van der Waals surface area contributed by atoms with Crippen LogP contribution in [0.25, 0.3) is 22.4 Å². The first-order chi connectivity index (χ1) is 8.63. The van der Waals surface area contributed by atoms with Gasteiger partial charge in [0.25, 0.3) is 0 Å². The number of carbonyl (C=O) groups is 1. The van der Waals surface area contributed by atoms with Crippen molar-refractivity contribution < 1.29 is 18.8 Å². The summed E-state index contributed by atoms with van der Waals surface area (Å²) in [7, 11) is 0. The normalized spacial score (nSPS) is 10.9. The molecule has 0 amide bonds. The van der Waals surface area contributed by atoms with Crippen LogP contribution in [0.15, 0.2) is 33.2 Å². The van der Waals surface area contributed by atoms with Crippen molar-refractivity contribution in [1.82, 2.24) is 10.1 Å². The van der Waals surface area contributed by atoms with E-state index in [2.05, 4.69) is 10.1 Å². The molecule has 0 fully saturated rings. The van der Waals surface area contributed by atoms with E-state index in [1.807, 2.05) is 0 Å². The lowest BCUT2D eigenvalue weighted by molar-refractivity contribution is 0.0652. The maximum atomic E-state index is 10.7. The third-order valence-electron chi connectivity index (χ3n) is 2.51. The predicted molar refractivity (Wildman–Crippen MR) is 61.2 cm³/mol. The fourth-order valence-electron chi connectivity index (χ4n) is 1.71. The molecule has 0 aliphatic carbocycles. The number of carboxylic acids is 1. The van der Waals surface area contributed by atoms with Crippen molar-refractivity contribution in [3.63, 3.8) is 0 Å². The fourth-order valence-corrected chi connectivity index (χ4v) is 1.71. The first-order valence-corrected chi connectivity index (χ1v) is 5.21. The van der Waals surface area contributed by atoms with Crippen molar-refractivity contribution in [3.8, 4) is 11.3 Å². The Balaban J connectivity index is 2.09. The smallest absolute Gasteiger partial charge is 0.374 e. The van der Waals surface area contributed by atoms with Crippen molar-refractivity contribution >= 4 is 17.1 Å². The molecule has 3 aromatic rings. The molecular weight excluding hydrogens is 236 g/mol. The van der Waals surface area contributed by atoms with Crippen LogP contribution in [0.3, 0.4) is 0 Å². The molecule has 0 saturated carbocycles. The monoisotopic (exact) mass is 244 g/mol. The molecule has 0 atom stereocenters. The van der Waals surface area contributed by atoms with Gasteiger partial charge in [-0.3, -0.25) is 0 Å². The number of benzene rings is 1. The molecule has 1 aromatic carbocycles. The minimum Gasteiger partial charge on any atom is -0.475 e. The molecule has 6 heteroatoms. The molecule has 2 aromatic heterocycles. The van der Waals surface area contributed by atoms with Crippen molar-refractivity contribution in [2.24, 2.45) is 0 Å². The number of aromatic carboxylic acids is 1. The van der Waals surface area contributed by atoms with Crippen LogP contribution >= 0.6 is 0 Å². The molecule has 0 spiro atoms. The van der Waals surface area contributed by atoms with E-state index in [4.69, 9.17) is 14.0 Å². The molecule has 0 bridgehead atoms. The Kier molecular flexibility index (Phi) is 2.16. The van der Waals surface area contributed by atoms with Crippen LogP contribution in [0.5, 0.6) is 0 Å². The zero-order chi connectivity index (χ0) is 12.7. The van der Waals surface area contributed by atoms with E-state index in [9.17, 15) is 4.79 Å². The number of carboxylic acid groups (broad SMARTS) is 1. The quantitative estimate of drug-likeness (QED) is 0.744. The highest BCUT2D eigenvalue weighted by Crippen LogP contribution is 2.24. The van der Waals surface area contributed by atoms with Crippen LogP contribution in [0.2, 0.25) is 0 Å². The zero-order valence-electron chi connectivity index (χ0n) is 9.38. The number of hydrogen-bond donors (Lipinski definition) is 1. The number of aromatic nitrogens is 2. The van der Waals surface area contributed by atoms with Gasteiger partial charge < -0.3 is 14.0 Å². The molecule has 0 radical (unpaired) electrons. The Morgan fingerprint density at radius 3 is 2.89 bits per heavy atom. The lowest BCUT2D eigenvalue weighted by Gasteiger charge is -1.93. The van der Waals surface area contributed by atoms with Crippen molar-refractivity contribution in [3.05, 3.63) is 35.9 Å². The van der Waals surface area contributed by atoms with Gasteiger partial charge in [0.15, 0.2) is 11.5 Å². The molecule has 0 saturated heterocycles. The van der Waals surface area contributed by atoms with Crippen LogP contribution in [-0.4, -0.2) is 21.2 Å². The number of nitrogens with zero attached hydrogens (tertiary/aromatic N) is 2. The average molecular weight is 244 g/mol. The van der Waals surface area contributed by atoms with Crippen molar-refractivity contribution in [1.29, 1.82) is 0 Å². The van der Waals surface area contributed by atoms with Gasteiger partial charge in [0.2, 0.25) is 5.76 Å². The number of oxazole rings is 1. The van der Waals surface area contributed by atoms with Gasteiger partial charge in [0, 0.05) is 18.6 Å². The van der Waals surface area contributed by atoms with E-state index in [0.29, 0.717) is 17.2 Å². The summed E-state index contributed by atoms with van der Waals surface area (Å²) in [5.74, 6) is -0.766. The summed E-state index contributed by atoms with van der Waals surface area (Å²) in [6.45, 7) is 1.76. The first kappa shape index (κ1) is 10.5. The van der Waals surface area contributed by atoms with Gasteiger partial charge >= 0.3 is 5.97 Å². The maximum Gasteiger partial charge on any atom is 0.374 e. The largest absolute Gasteiger partial charge is 0.475 e. The van der Waals surface area contributed by atoms with Gasteiger partial charge in [-0.15, -0.1) is 0 Å². The van der Waals surface area contributed by atoms with Crippen molar-refractivity contribution in [2.45, 2.75) is 6.92 Å². The summed E-state index contributed by atoms with van der Waals surface area (Å²) < 4.78 is 10.1. The number of aryl methyl sites for hydroxylation is 1. The zero-order valence-corrected chi connectivity index (χ0v) is 9.38. The van der Waals surface area contributed by atoms with Gasteiger partial charge in [0.1, 0.15) is 11.2 Å². The van der Waals surface area contributed by atoms with Crippen LogP contribution in [-0.2, 0) is 0 Å². The number of fused-ring (bicyclic) bond motifs is 1. The lowest BCUT2D eigenvalue weighted by Crippen LogP contribution is -1.91. The SMILES string of the molecule is Cc1nc2ccc(-c3cc(C(=O)O)on3)cc2o1. The third kappa shape index (κ3) is 1.64. The first-order valence-electron chi connectivity index (χ1n) is 5.21. The Labute approximate surface area is 101 Å². The topological polar surface area (TPSA) is 89.4 Å². The molecule has 0 aliphatic rings. The number of hydrogen-bond acceptors (Lipinski definition) is 5. The standard InChI is InChI=1S/C12H8N2O4/c1-6-13-8-3-2-7(4-10(8)17-6)9-5-11(12(15)16)18-14-9/h2-5H,1H3,(H,15,16). The molecule has 90 valence electrons. The Morgan fingerprint density at radius 2 is 2.17 bits per heavy atom. The molecule has 18 heavy (non-hydrogen) atoms. The van der Waals surface area contributed by atoms with Gasteiger partial charge in [-0.2, -0.15) is 0 Å². The summed E-state index contributed by atoms with van der Waals surface area (Å²) in [6, 6.07) is 6.69. The van der Waals surface area contributed by atoms with E-state index in [-0.39, 0.29) is 5.76 Å². The molecule has 0 aliphatic heterocycles. The summed E-state index contributed by atoms with van der Waals surface area (Å²) in [6.07, 6.45) is 0. The summed E-state index contributed by atoms with van der Waals surface area (Å²) in [5.41, 5.74) is 2.54. The summed E-state index contributed by atoms with van der Waals surface area (Å²) in [5, 5.41) is 12.5. The Bertz CT molecular complexity index is 741.